The predicted octanol–water partition coefficient (Wildman–Crippen LogP) is 5.64. The van der Waals surface area contributed by atoms with Crippen LogP contribution in [-0.2, 0) is 0 Å². The Kier molecular flexibility index (Phi) is 4.50. The van der Waals surface area contributed by atoms with Gasteiger partial charge in [-0.2, -0.15) is 5.26 Å². The average molecular weight is 423 g/mol. The molecule has 0 bridgehead atoms. The van der Waals surface area contributed by atoms with Crippen molar-refractivity contribution in [1.82, 2.24) is 15.0 Å². The van der Waals surface area contributed by atoms with Crippen LogP contribution in [-0.4, -0.2) is 15.0 Å². The van der Waals surface area contributed by atoms with E-state index in [1.165, 1.54) is 0 Å². The van der Waals surface area contributed by atoms with Gasteiger partial charge in [0.05, 0.1) is 16.2 Å². The summed E-state index contributed by atoms with van der Waals surface area (Å²) in [6, 6.07) is 21.1. The standard InChI is InChI=1S/C25H15ClN4O/c1-14-19-11-18(13-27)25(31)30-24(19)29-23(15-6-3-2-4-7-15)21(14)17-10-16-8-5-9-28-22(16)20(26)12-17/h2-12H,1H3,(H,29,30,31). The van der Waals surface area contributed by atoms with Gasteiger partial charge in [0.25, 0.3) is 5.56 Å². The number of aromatic amines is 1. The number of hydrogen-bond acceptors (Lipinski definition) is 4. The quantitative estimate of drug-likeness (QED) is 0.399. The highest BCUT2D eigenvalue weighted by Gasteiger charge is 2.18. The highest BCUT2D eigenvalue weighted by atomic mass is 35.5. The maximum absolute atomic E-state index is 12.2. The van der Waals surface area contributed by atoms with E-state index in [9.17, 15) is 10.1 Å². The monoisotopic (exact) mass is 422 g/mol. The summed E-state index contributed by atoms with van der Waals surface area (Å²) >= 11 is 6.58. The fraction of sp³-hybridized carbons (Fsp3) is 0.0400. The van der Waals surface area contributed by atoms with Crippen molar-refractivity contribution in [2.24, 2.45) is 0 Å². The molecule has 0 atom stereocenters. The van der Waals surface area contributed by atoms with Gasteiger partial charge in [0.1, 0.15) is 17.3 Å². The molecule has 0 radical (unpaired) electrons. The lowest BCUT2D eigenvalue weighted by Gasteiger charge is -2.16. The Hall–Kier alpha value is -4.01. The Morgan fingerprint density at radius 1 is 1.03 bits per heavy atom. The Labute approximate surface area is 182 Å². The van der Waals surface area contributed by atoms with Gasteiger partial charge in [0.15, 0.2) is 0 Å². The van der Waals surface area contributed by atoms with E-state index >= 15 is 0 Å². The van der Waals surface area contributed by atoms with Gasteiger partial charge < -0.3 is 4.98 Å². The van der Waals surface area contributed by atoms with E-state index in [2.05, 4.69) is 9.97 Å². The molecule has 5 aromatic rings. The van der Waals surface area contributed by atoms with Crippen molar-refractivity contribution in [3.63, 3.8) is 0 Å². The highest BCUT2D eigenvalue weighted by molar-refractivity contribution is 6.35. The molecule has 31 heavy (non-hydrogen) atoms. The van der Waals surface area contributed by atoms with E-state index in [0.29, 0.717) is 16.1 Å². The zero-order chi connectivity index (χ0) is 21.5. The van der Waals surface area contributed by atoms with E-state index in [1.54, 1.807) is 12.3 Å². The van der Waals surface area contributed by atoms with Crippen molar-refractivity contribution in [3.8, 4) is 28.5 Å². The lowest BCUT2D eigenvalue weighted by atomic mass is 9.92. The normalized spacial score (nSPS) is 11.0. The number of aryl methyl sites for hydroxylation is 1. The van der Waals surface area contributed by atoms with Crippen LogP contribution in [0.25, 0.3) is 44.3 Å². The molecule has 0 fully saturated rings. The van der Waals surface area contributed by atoms with Gasteiger partial charge in [-0.15, -0.1) is 0 Å². The van der Waals surface area contributed by atoms with E-state index in [1.807, 2.05) is 67.6 Å². The molecule has 3 aromatic heterocycles. The van der Waals surface area contributed by atoms with Crippen molar-refractivity contribution in [1.29, 1.82) is 5.26 Å². The van der Waals surface area contributed by atoms with Gasteiger partial charge in [-0.25, -0.2) is 4.98 Å². The SMILES string of the molecule is Cc1c(-c2cc(Cl)c3ncccc3c2)c(-c2ccccc2)nc2[nH]c(=O)c(C#N)cc12. The van der Waals surface area contributed by atoms with E-state index in [0.717, 1.165) is 38.9 Å². The molecule has 0 aliphatic rings. The Bertz CT molecular complexity index is 1580. The number of hydrogen-bond donors (Lipinski definition) is 1. The van der Waals surface area contributed by atoms with Crippen molar-refractivity contribution in [2.45, 2.75) is 6.92 Å². The highest BCUT2D eigenvalue weighted by Crippen LogP contribution is 2.39. The van der Waals surface area contributed by atoms with Gasteiger partial charge >= 0.3 is 0 Å². The third kappa shape index (κ3) is 3.14. The first-order valence-corrected chi connectivity index (χ1v) is 10.0. The van der Waals surface area contributed by atoms with Crippen molar-refractivity contribution < 1.29 is 0 Å². The number of pyridine rings is 3. The summed E-state index contributed by atoms with van der Waals surface area (Å²) in [4.78, 5) is 24.2. The van der Waals surface area contributed by atoms with Gasteiger partial charge in [-0.1, -0.05) is 48.0 Å². The fourth-order valence-corrected chi connectivity index (χ4v) is 4.18. The number of H-pyrrole nitrogens is 1. The topological polar surface area (TPSA) is 82.4 Å². The summed E-state index contributed by atoms with van der Waals surface area (Å²) in [6.45, 7) is 1.96. The minimum Gasteiger partial charge on any atom is -0.305 e. The number of nitrogens with one attached hydrogen (secondary N) is 1. The van der Waals surface area contributed by atoms with Gasteiger partial charge in [-0.3, -0.25) is 9.78 Å². The second kappa shape index (κ2) is 7.35. The summed E-state index contributed by atoms with van der Waals surface area (Å²) in [5, 5.41) is 11.5. The maximum Gasteiger partial charge on any atom is 0.267 e. The first kappa shape index (κ1) is 19.0. The Morgan fingerprint density at radius 3 is 2.61 bits per heavy atom. The zero-order valence-electron chi connectivity index (χ0n) is 16.5. The second-order valence-electron chi connectivity index (χ2n) is 7.25. The number of benzene rings is 2. The second-order valence-corrected chi connectivity index (χ2v) is 7.65. The van der Waals surface area contributed by atoms with Crippen LogP contribution in [0.3, 0.4) is 0 Å². The Morgan fingerprint density at radius 2 is 1.84 bits per heavy atom. The molecular weight excluding hydrogens is 408 g/mol. The van der Waals surface area contributed by atoms with Crippen LogP contribution in [0.15, 0.2) is 71.7 Å². The smallest absolute Gasteiger partial charge is 0.267 e. The third-order valence-electron chi connectivity index (χ3n) is 5.37. The van der Waals surface area contributed by atoms with E-state index < -0.39 is 5.56 Å². The molecule has 0 spiro atoms. The number of nitriles is 1. The van der Waals surface area contributed by atoms with Gasteiger partial charge in [0, 0.05) is 28.1 Å². The van der Waals surface area contributed by atoms with Crippen LogP contribution in [0, 0.1) is 18.3 Å². The molecule has 0 saturated heterocycles. The molecule has 0 unspecified atom stereocenters. The number of fused-ring (bicyclic) bond motifs is 2. The number of rotatable bonds is 2. The van der Waals surface area contributed by atoms with Crippen LogP contribution in [0.1, 0.15) is 11.1 Å². The molecule has 0 aliphatic carbocycles. The first-order valence-electron chi connectivity index (χ1n) is 9.64. The van der Waals surface area contributed by atoms with Crippen LogP contribution in [0.4, 0.5) is 0 Å². The first-order chi connectivity index (χ1) is 15.1. The van der Waals surface area contributed by atoms with E-state index in [-0.39, 0.29) is 5.56 Å². The number of aromatic nitrogens is 3. The fourth-order valence-electron chi connectivity index (χ4n) is 3.91. The van der Waals surface area contributed by atoms with Crippen LogP contribution in [0.2, 0.25) is 5.02 Å². The van der Waals surface area contributed by atoms with E-state index in [4.69, 9.17) is 16.6 Å². The molecule has 5 nitrogen and oxygen atoms in total. The van der Waals surface area contributed by atoms with Crippen molar-refractivity contribution in [3.05, 3.63) is 93.4 Å². The zero-order valence-corrected chi connectivity index (χ0v) is 17.2. The largest absolute Gasteiger partial charge is 0.305 e. The predicted molar refractivity (Wildman–Crippen MR) is 123 cm³/mol. The molecule has 0 aliphatic heterocycles. The minimum absolute atomic E-state index is 0.0524. The summed E-state index contributed by atoms with van der Waals surface area (Å²) in [6.07, 6.45) is 1.71. The molecule has 148 valence electrons. The molecule has 6 heteroatoms. The summed E-state index contributed by atoms with van der Waals surface area (Å²) in [5.74, 6) is 0. The number of nitrogens with zero attached hydrogens (tertiary/aromatic N) is 3. The maximum atomic E-state index is 12.2. The summed E-state index contributed by atoms with van der Waals surface area (Å²) in [7, 11) is 0. The minimum atomic E-state index is -0.450. The molecule has 1 N–H and O–H groups in total. The lowest BCUT2D eigenvalue weighted by Crippen LogP contribution is -2.11. The summed E-state index contributed by atoms with van der Waals surface area (Å²) in [5.41, 5.74) is 5.10. The molecule has 2 aromatic carbocycles. The van der Waals surface area contributed by atoms with Crippen LogP contribution >= 0.6 is 11.6 Å². The summed E-state index contributed by atoms with van der Waals surface area (Å²) < 4.78 is 0. The Balaban J connectivity index is 1.92. The molecule has 3 heterocycles. The van der Waals surface area contributed by atoms with Crippen LogP contribution in [0.5, 0.6) is 0 Å². The molecule has 5 rings (SSSR count). The van der Waals surface area contributed by atoms with Gasteiger partial charge in [-0.05, 0) is 42.3 Å². The number of halogens is 1. The lowest BCUT2D eigenvalue weighted by molar-refractivity contribution is 1.21. The average Bonchev–Trinajstić information content (AvgIpc) is 2.79. The van der Waals surface area contributed by atoms with Crippen molar-refractivity contribution >= 4 is 33.5 Å². The third-order valence-corrected chi connectivity index (χ3v) is 5.66. The molecular formula is C25H15ClN4O. The van der Waals surface area contributed by atoms with Crippen LogP contribution < -0.4 is 5.56 Å². The molecule has 0 amide bonds. The molecule has 0 saturated carbocycles. The van der Waals surface area contributed by atoms with Gasteiger partial charge in [0.2, 0.25) is 0 Å². The van der Waals surface area contributed by atoms with Crippen molar-refractivity contribution in [2.75, 3.05) is 0 Å².